The van der Waals surface area contributed by atoms with Crippen molar-refractivity contribution in [3.63, 3.8) is 0 Å². The number of imidazole rings is 1. The summed E-state index contributed by atoms with van der Waals surface area (Å²) < 4.78 is 56.6. The number of pyridine rings is 2. The molecule has 0 radical (unpaired) electrons. The van der Waals surface area contributed by atoms with E-state index in [4.69, 9.17) is 0 Å². The number of aromatic nitrogens is 4. The molecule has 0 aliphatic carbocycles. The standard InChI is InChI=1S/C17H18F3N5OS2/c1-5-27-13-6-10(24-28(3,4)26)8-22-15(13)16-23-11-7-14(17(18,19)20)21-9-12(11)25(16)2/h6-9H,5H2,1-4H3. The third-order valence-corrected chi connectivity index (χ3v) is 5.29. The van der Waals surface area contributed by atoms with Crippen LogP contribution in [0.4, 0.5) is 18.9 Å². The van der Waals surface area contributed by atoms with Crippen LogP contribution in [0.25, 0.3) is 22.6 Å². The molecule has 0 unspecified atom stereocenters. The second-order valence-corrected chi connectivity index (χ2v) is 10.1. The number of nitrogens with zero attached hydrogens (tertiary/aromatic N) is 5. The van der Waals surface area contributed by atoms with Crippen molar-refractivity contribution in [2.75, 3.05) is 18.3 Å². The lowest BCUT2D eigenvalue weighted by atomic mass is 10.3. The van der Waals surface area contributed by atoms with Gasteiger partial charge in [0.15, 0.2) is 5.82 Å². The summed E-state index contributed by atoms with van der Waals surface area (Å²) in [6.07, 6.45) is 1.17. The van der Waals surface area contributed by atoms with Gasteiger partial charge in [0.1, 0.15) is 11.4 Å². The van der Waals surface area contributed by atoms with Crippen molar-refractivity contribution < 1.29 is 17.4 Å². The Bertz CT molecular complexity index is 1160. The van der Waals surface area contributed by atoms with Crippen molar-refractivity contribution in [1.29, 1.82) is 0 Å². The van der Waals surface area contributed by atoms with E-state index in [1.807, 2.05) is 6.92 Å². The Morgan fingerprint density at radius 1 is 1.21 bits per heavy atom. The minimum absolute atomic E-state index is 0.188. The molecule has 3 aromatic heterocycles. The van der Waals surface area contributed by atoms with Gasteiger partial charge in [-0.3, -0.25) is 0 Å². The van der Waals surface area contributed by atoms with Gasteiger partial charge in [0.2, 0.25) is 0 Å². The van der Waals surface area contributed by atoms with Crippen LogP contribution in [0, 0.1) is 0 Å². The van der Waals surface area contributed by atoms with Crippen LogP contribution in [0.15, 0.2) is 33.8 Å². The van der Waals surface area contributed by atoms with Crippen molar-refractivity contribution in [3.8, 4) is 11.5 Å². The smallest absolute Gasteiger partial charge is 0.325 e. The Labute approximate surface area is 164 Å². The molecule has 0 amide bonds. The van der Waals surface area contributed by atoms with Gasteiger partial charge >= 0.3 is 6.18 Å². The fourth-order valence-electron chi connectivity index (χ4n) is 2.63. The molecule has 0 N–H and O–H groups in total. The summed E-state index contributed by atoms with van der Waals surface area (Å²) >= 11 is 1.50. The average Bonchev–Trinajstić information content (AvgIpc) is 2.89. The lowest BCUT2D eigenvalue weighted by Gasteiger charge is -2.09. The van der Waals surface area contributed by atoms with Crippen LogP contribution in [0.5, 0.6) is 0 Å². The van der Waals surface area contributed by atoms with Crippen LogP contribution in [0.2, 0.25) is 0 Å². The molecule has 150 valence electrons. The highest BCUT2D eigenvalue weighted by Crippen LogP contribution is 2.35. The third kappa shape index (κ3) is 4.30. The largest absolute Gasteiger partial charge is 0.433 e. The maximum atomic E-state index is 12.9. The second kappa shape index (κ2) is 7.36. The van der Waals surface area contributed by atoms with E-state index in [1.165, 1.54) is 30.5 Å². The molecule has 3 aromatic rings. The van der Waals surface area contributed by atoms with E-state index in [0.717, 1.165) is 22.9 Å². The molecule has 3 rings (SSSR count). The van der Waals surface area contributed by atoms with Gasteiger partial charge in [-0.1, -0.05) is 6.92 Å². The zero-order valence-electron chi connectivity index (χ0n) is 15.6. The first-order chi connectivity index (χ1) is 13.0. The molecule has 0 atom stereocenters. The van der Waals surface area contributed by atoms with E-state index in [0.29, 0.717) is 22.7 Å². The van der Waals surface area contributed by atoms with E-state index >= 15 is 0 Å². The molecule has 28 heavy (non-hydrogen) atoms. The fraction of sp³-hybridized carbons (Fsp3) is 0.353. The second-order valence-electron chi connectivity index (χ2n) is 6.30. The number of hydrogen-bond acceptors (Lipinski definition) is 6. The van der Waals surface area contributed by atoms with Crippen LogP contribution in [0.1, 0.15) is 12.6 Å². The van der Waals surface area contributed by atoms with Crippen LogP contribution in [-0.2, 0) is 23.0 Å². The van der Waals surface area contributed by atoms with Gasteiger partial charge in [-0.25, -0.2) is 19.2 Å². The summed E-state index contributed by atoms with van der Waals surface area (Å²) in [5, 5.41) is 0. The molecule has 0 spiro atoms. The Morgan fingerprint density at radius 2 is 1.93 bits per heavy atom. The number of aryl methyl sites for hydroxylation is 1. The molecular formula is C17H18F3N5OS2. The van der Waals surface area contributed by atoms with Crippen LogP contribution < -0.4 is 0 Å². The quantitative estimate of drug-likeness (QED) is 0.570. The third-order valence-electron chi connectivity index (χ3n) is 3.73. The molecule has 6 nitrogen and oxygen atoms in total. The summed E-state index contributed by atoms with van der Waals surface area (Å²) in [5.74, 6) is 1.17. The van der Waals surface area contributed by atoms with Crippen LogP contribution >= 0.6 is 11.8 Å². The van der Waals surface area contributed by atoms with Crippen molar-refractivity contribution >= 4 is 38.2 Å². The molecule has 11 heteroatoms. The predicted octanol–water partition coefficient (Wildman–Crippen LogP) is 4.52. The first kappa shape index (κ1) is 20.6. The lowest BCUT2D eigenvalue weighted by molar-refractivity contribution is -0.141. The highest BCUT2D eigenvalue weighted by Gasteiger charge is 2.33. The number of alkyl halides is 3. The minimum atomic E-state index is -4.54. The Morgan fingerprint density at radius 3 is 2.54 bits per heavy atom. The SMILES string of the molecule is CCSc1cc(N=S(C)(C)=O)cnc1-c1nc2cc(C(F)(F)F)ncc2n1C. The van der Waals surface area contributed by atoms with Crippen LogP contribution in [0.3, 0.4) is 0 Å². The predicted molar refractivity (Wildman–Crippen MR) is 105 cm³/mol. The molecule has 0 aliphatic heterocycles. The first-order valence-corrected chi connectivity index (χ1v) is 11.5. The number of rotatable bonds is 4. The van der Waals surface area contributed by atoms with Crippen molar-refractivity contribution in [2.45, 2.75) is 18.0 Å². The number of fused-ring (bicyclic) bond motifs is 1. The lowest BCUT2D eigenvalue weighted by Crippen LogP contribution is -2.07. The maximum absolute atomic E-state index is 12.9. The molecule has 0 aromatic carbocycles. The van der Waals surface area contributed by atoms with Crippen LogP contribution in [-0.4, -0.2) is 42.0 Å². The summed E-state index contributed by atoms with van der Waals surface area (Å²) in [6.45, 7) is 1.97. The summed E-state index contributed by atoms with van der Waals surface area (Å²) in [5.41, 5.74) is 0.672. The van der Waals surface area contributed by atoms with Crippen molar-refractivity contribution in [1.82, 2.24) is 19.5 Å². The molecule has 3 heterocycles. The van der Waals surface area contributed by atoms with E-state index in [2.05, 4.69) is 19.3 Å². The average molecular weight is 429 g/mol. The molecule has 0 saturated carbocycles. The minimum Gasteiger partial charge on any atom is -0.325 e. The van der Waals surface area contributed by atoms with Gasteiger partial charge in [0.25, 0.3) is 0 Å². The molecular weight excluding hydrogens is 411 g/mol. The van der Waals surface area contributed by atoms with Gasteiger partial charge in [0.05, 0.1) is 29.1 Å². The molecule has 0 fully saturated rings. The highest BCUT2D eigenvalue weighted by molar-refractivity contribution is 7.99. The monoisotopic (exact) mass is 429 g/mol. The number of hydrogen-bond donors (Lipinski definition) is 0. The highest BCUT2D eigenvalue weighted by atomic mass is 32.2. The van der Waals surface area contributed by atoms with Crippen molar-refractivity contribution in [3.05, 3.63) is 30.2 Å². The van der Waals surface area contributed by atoms with Gasteiger partial charge in [-0.2, -0.15) is 17.5 Å². The van der Waals surface area contributed by atoms with Crippen molar-refractivity contribution in [2.24, 2.45) is 11.4 Å². The van der Waals surface area contributed by atoms with Gasteiger partial charge in [0, 0.05) is 34.2 Å². The molecule has 0 bridgehead atoms. The zero-order chi connectivity index (χ0) is 20.7. The van der Waals surface area contributed by atoms with E-state index in [9.17, 15) is 17.4 Å². The number of halogens is 3. The summed E-state index contributed by atoms with van der Waals surface area (Å²) in [7, 11) is -0.644. The summed E-state index contributed by atoms with van der Waals surface area (Å²) in [4.78, 5) is 13.0. The number of thioether (sulfide) groups is 1. The zero-order valence-corrected chi connectivity index (χ0v) is 17.2. The summed E-state index contributed by atoms with van der Waals surface area (Å²) in [6, 6.07) is 2.69. The van der Waals surface area contributed by atoms with E-state index in [1.54, 1.807) is 17.7 Å². The van der Waals surface area contributed by atoms with Gasteiger partial charge < -0.3 is 4.57 Å². The van der Waals surface area contributed by atoms with E-state index in [-0.39, 0.29) is 5.52 Å². The Balaban J connectivity index is 2.18. The molecule has 0 saturated heterocycles. The Hall–Kier alpha value is -2.14. The van der Waals surface area contributed by atoms with Gasteiger partial charge in [-0.05, 0) is 17.9 Å². The first-order valence-electron chi connectivity index (χ1n) is 8.19. The topological polar surface area (TPSA) is 73.0 Å². The Kier molecular flexibility index (Phi) is 5.41. The molecule has 0 aliphatic rings. The fourth-order valence-corrected chi connectivity index (χ4v) is 4.03. The maximum Gasteiger partial charge on any atom is 0.433 e. The van der Waals surface area contributed by atoms with E-state index < -0.39 is 21.6 Å². The van der Waals surface area contributed by atoms with Gasteiger partial charge in [-0.15, -0.1) is 11.8 Å². The normalized spacial score (nSPS) is 12.5.